The molecule has 1 N–H and O–H groups in total. The highest BCUT2D eigenvalue weighted by Crippen LogP contribution is 2.21. The Hall–Kier alpha value is -3.50. The molecule has 2 aromatic heterocycles. The fraction of sp³-hybridized carbons (Fsp3) is 0.190. The van der Waals surface area contributed by atoms with E-state index >= 15 is 0 Å². The lowest BCUT2D eigenvalue weighted by Gasteiger charge is -2.09. The van der Waals surface area contributed by atoms with Crippen LogP contribution in [0.15, 0.2) is 65.6 Å². The summed E-state index contributed by atoms with van der Waals surface area (Å²) in [5.74, 6) is 1.63. The number of ether oxygens (including phenoxy) is 2. The molecule has 0 amide bonds. The topological polar surface area (TPSA) is 108 Å². The van der Waals surface area contributed by atoms with E-state index in [1.54, 1.807) is 42.0 Å². The van der Waals surface area contributed by atoms with Gasteiger partial charge in [0.15, 0.2) is 11.5 Å². The normalized spacial score (nSPS) is 11.5. The summed E-state index contributed by atoms with van der Waals surface area (Å²) in [6.45, 7) is 2.06. The summed E-state index contributed by atoms with van der Waals surface area (Å²) < 4.78 is 39.7. The van der Waals surface area contributed by atoms with Crippen LogP contribution in [0.25, 0.3) is 17.0 Å². The van der Waals surface area contributed by atoms with Gasteiger partial charge >= 0.3 is 0 Å². The first-order valence-corrected chi connectivity index (χ1v) is 11.0. The molecule has 2 aromatic carbocycles. The van der Waals surface area contributed by atoms with E-state index in [4.69, 9.17) is 9.47 Å². The molecule has 4 rings (SSSR count). The number of benzene rings is 2. The Labute approximate surface area is 179 Å². The molecule has 0 aliphatic heterocycles. The lowest BCUT2D eigenvalue weighted by molar-refractivity contribution is 0.306. The monoisotopic (exact) mass is 439 g/mol. The molecule has 160 valence electrons. The highest BCUT2D eigenvalue weighted by atomic mass is 32.2. The first-order chi connectivity index (χ1) is 15.0. The van der Waals surface area contributed by atoms with E-state index in [0.717, 1.165) is 16.9 Å². The summed E-state index contributed by atoms with van der Waals surface area (Å²) in [6.07, 6.45) is 0. The van der Waals surface area contributed by atoms with Crippen LogP contribution < -0.4 is 14.2 Å². The maximum absolute atomic E-state index is 12.4. The van der Waals surface area contributed by atoms with Crippen molar-refractivity contribution in [3.63, 3.8) is 0 Å². The van der Waals surface area contributed by atoms with Gasteiger partial charge in [0.2, 0.25) is 15.9 Å². The number of sulfonamides is 1. The molecule has 0 aliphatic carbocycles. The molecular formula is C21H21N5O4S. The van der Waals surface area contributed by atoms with Gasteiger partial charge in [-0.3, -0.25) is 0 Å². The van der Waals surface area contributed by atoms with E-state index in [9.17, 15) is 8.42 Å². The average Bonchev–Trinajstić information content (AvgIpc) is 3.20. The van der Waals surface area contributed by atoms with Gasteiger partial charge in [-0.2, -0.15) is 4.52 Å². The highest BCUT2D eigenvalue weighted by molar-refractivity contribution is 7.89. The number of aryl methyl sites for hydroxylation is 1. The van der Waals surface area contributed by atoms with Crippen LogP contribution in [0, 0.1) is 6.92 Å². The molecule has 0 fully saturated rings. The number of nitrogens with one attached hydrogen (secondary N) is 1. The van der Waals surface area contributed by atoms with Crippen LogP contribution in [-0.4, -0.2) is 48.5 Å². The number of rotatable bonds is 8. The van der Waals surface area contributed by atoms with Crippen LogP contribution in [0.5, 0.6) is 11.6 Å². The summed E-state index contributed by atoms with van der Waals surface area (Å²) in [5.41, 5.74) is 2.26. The Balaban J connectivity index is 1.43. The van der Waals surface area contributed by atoms with Gasteiger partial charge < -0.3 is 9.47 Å². The lowest BCUT2D eigenvalue weighted by atomic mass is 10.2. The number of methoxy groups -OCH3 is 1. The van der Waals surface area contributed by atoms with Crippen molar-refractivity contribution in [1.29, 1.82) is 0 Å². The molecule has 0 saturated carbocycles. The molecule has 2 heterocycles. The van der Waals surface area contributed by atoms with Crippen molar-refractivity contribution in [2.24, 2.45) is 0 Å². The molecule has 0 bridgehead atoms. The van der Waals surface area contributed by atoms with Gasteiger partial charge in [0.1, 0.15) is 12.4 Å². The van der Waals surface area contributed by atoms with Crippen LogP contribution in [0.1, 0.15) is 5.56 Å². The van der Waals surface area contributed by atoms with Crippen molar-refractivity contribution < 1.29 is 17.9 Å². The summed E-state index contributed by atoms with van der Waals surface area (Å²) in [6, 6.07) is 17.5. The summed E-state index contributed by atoms with van der Waals surface area (Å²) in [4.78, 5) is 0.223. The van der Waals surface area contributed by atoms with Gasteiger partial charge in [-0.25, -0.2) is 13.1 Å². The van der Waals surface area contributed by atoms with E-state index in [-0.39, 0.29) is 18.0 Å². The first kappa shape index (κ1) is 20.8. The Morgan fingerprint density at radius 3 is 2.58 bits per heavy atom. The minimum atomic E-state index is -3.60. The molecule has 0 saturated heterocycles. The maximum Gasteiger partial charge on any atom is 0.240 e. The third kappa shape index (κ3) is 4.65. The molecule has 31 heavy (non-hydrogen) atoms. The maximum atomic E-state index is 12.4. The zero-order valence-electron chi connectivity index (χ0n) is 17.0. The Bertz CT molecular complexity index is 1300. The minimum absolute atomic E-state index is 0.101. The van der Waals surface area contributed by atoms with Gasteiger partial charge in [-0.15, -0.1) is 15.3 Å². The number of fused-ring (bicyclic) bond motifs is 1. The quantitative estimate of drug-likeness (QED) is 0.420. The fourth-order valence-corrected chi connectivity index (χ4v) is 4.08. The average molecular weight is 439 g/mol. The van der Waals surface area contributed by atoms with E-state index in [1.165, 1.54) is 0 Å². The van der Waals surface area contributed by atoms with Crippen molar-refractivity contribution in [2.45, 2.75) is 11.8 Å². The Morgan fingerprint density at radius 1 is 1.03 bits per heavy atom. The molecule has 0 unspecified atom stereocenters. The zero-order chi connectivity index (χ0) is 21.8. The van der Waals surface area contributed by atoms with E-state index in [2.05, 4.69) is 20.0 Å². The predicted molar refractivity (Wildman–Crippen MR) is 115 cm³/mol. The number of hydrogen-bond acceptors (Lipinski definition) is 7. The molecular weight excluding hydrogens is 418 g/mol. The van der Waals surface area contributed by atoms with Crippen LogP contribution in [-0.2, 0) is 10.0 Å². The summed E-state index contributed by atoms with van der Waals surface area (Å²) >= 11 is 0. The van der Waals surface area contributed by atoms with Gasteiger partial charge in [0, 0.05) is 18.2 Å². The van der Waals surface area contributed by atoms with Crippen molar-refractivity contribution in [3.8, 4) is 23.0 Å². The minimum Gasteiger partial charge on any atom is -0.497 e. The number of hydrogen-bond donors (Lipinski definition) is 1. The Morgan fingerprint density at radius 2 is 1.84 bits per heavy atom. The van der Waals surface area contributed by atoms with Crippen LogP contribution in [0.3, 0.4) is 0 Å². The molecule has 0 atom stereocenters. The van der Waals surface area contributed by atoms with Crippen LogP contribution in [0.4, 0.5) is 0 Å². The number of aromatic nitrogens is 4. The third-order valence-electron chi connectivity index (χ3n) is 4.53. The second-order valence-corrected chi connectivity index (χ2v) is 8.52. The molecule has 0 radical (unpaired) electrons. The van der Waals surface area contributed by atoms with Gasteiger partial charge in [-0.1, -0.05) is 12.1 Å². The van der Waals surface area contributed by atoms with E-state index in [1.807, 2.05) is 37.3 Å². The van der Waals surface area contributed by atoms with Crippen molar-refractivity contribution in [2.75, 3.05) is 20.3 Å². The lowest BCUT2D eigenvalue weighted by Crippen LogP contribution is -2.28. The molecule has 0 aliphatic rings. The molecule has 9 nitrogen and oxygen atoms in total. The molecule has 10 heteroatoms. The second-order valence-electron chi connectivity index (χ2n) is 6.76. The molecule has 0 spiro atoms. The van der Waals surface area contributed by atoms with E-state index < -0.39 is 10.0 Å². The SMILES string of the molecule is COc1ccc(-c2nnc3ccc(OCCNS(=O)(=O)c4cccc(C)c4)nn23)cc1. The first-order valence-electron chi connectivity index (χ1n) is 9.52. The highest BCUT2D eigenvalue weighted by Gasteiger charge is 2.14. The van der Waals surface area contributed by atoms with Gasteiger partial charge in [-0.05, 0) is 55.0 Å². The van der Waals surface area contributed by atoms with Gasteiger partial charge in [0.25, 0.3) is 0 Å². The third-order valence-corrected chi connectivity index (χ3v) is 5.99. The number of nitrogens with zero attached hydrogens (tertiary/aromatic N) is 4. The zero-order valence-corrected chi connectivity index (χ0v) is 17.8. The second kappa shape index (κ2) is 8.70. The predicted octanol–water partition coefficient (Wildman–Crippen LogP) is 2.47. The standard InChI is InChI=1S/C21H21N5O4S/c1-15-4-3-5-18(14-15)31(27,28)22-12-13-30-20-11-10-19-23-24-21(26(19)25-20)16-6-8-17(29-2)9-7-16/h3-11,14,22H,12-13H2,1-2H3. The summed E-state index contributed by atoms with van der Waals surface area (Å²) in [7, 11) is -1.99. The van der Waals surface area contributed by atoms with Crippen molar-refractivity contribution >= 4 is 15.7 Å². The largest absolute Gasteiger partial charge is 0.497 e. The molecule has 4 aromatic rings. The Kier molecular flexibility index (Phi) is 5.83. The fourth-order valence-electron chi connectivity index (χ4n) is 2.97. The van der Waals surface area contributed by atoms with Crippen LogP contribution in [0.2, 0.25) is 0 Å². The van der Waals surface area contributed by atoms with Crippen LogP contribution >= 0.6 is 0 Å². The van der Waals surface area contributed by atoms with Crippen molar-refractivity contribution in [1.82, 2.24) is 24.5 Å². The van der Waals surface area contributed by atoms with E-state index in [0.29, 0.717) is 17.4 Å². The summed E-state index contributed by atoms with van der Waals surface area (Å²) in [5, 5.41) is 12.7. The van der Waals surface area contributed by atoms with Gasteiger partial charge in [0.05, 0.1) is 12.0 Å². The smallest absolute Gasteiger partial charge is 0.240 e. The van der Waals surface area contributed by atoms with Crippen molar-refractivity contribution in [3.05, 3.63) is 66.2 Å².